The lowest BCUT2D eigenvalue weighted by Crippen LogP contribution is -2.44. The molecule has 178 valence electrons. The second-order valence-corrected chi connectivity index (χ2v) is 8.80. The van der Waals surface area contributed by atoms with Crippen LogP contribution in [0.2, 0.25) is 0 Å². The fourth-order valence-electron chi connectivity index (χ4n) is 4.72. The number of hydrogen-bond acceptors (Lipinski definition) is 7. The molecule has 2 aromatic carbocycles. The summed E-state index contributed by atoms with van der Waals surface area (Å²) >= 11 is 0. The smallest absolute Gasteiger partial charge is 0.257 e. The van der Waals surface area contributed by atoms with Crippen molar-refractivity contribution in [3.05, 3.63) is 53.6 Å². The third-order valence-corrected chi connectivity index (χ3v) is 6.72. The first-order chi connectivity index (χ1) is 16.5. The van der Waals surface area contributed by atoms with Gasteiger partial charge in [-0.15, -0.1) is 0 Å². The minimum atomic E-state index is -0.262. The van der Waals surface area contributed by atoms with Crippen LogP contribution < -0.4 is 19.9 Å². The normalized spacial score (nSPS) is 20.3. The number of nitrogens with zero attached hydrogens (tertiary/aromatic N) is 3. The molecule has 0 saturated carbocycles. The van der Waals surface area contributed by atoms with Crippen molar-refractivity contribution in [3.8, 4) is 17.2 Å². The van der Waals surface area contributed by atoms with Crippen LogP contribution in [-0.2, 0) is 9.59 Å². The quantitative estimate of drug-likeness (QED) is 0.703. The molecule has 0 aromatic heterocycles. The summed E-state index contributed by atoms with van der Waals surface area (Å²) in [5.74, 6) is 1.69. The SMILES string of the molecule is COc1ccc(C2=NN(C(=O)CN3CCC(C(N)=O)CC3)[C@H](c3ccc4c(c3)OCO4)C2)cc1. The Balaban J connectivity index is 1.37. The number of primary amides is 1. The summed E-state index contributed by atoms with van der Waals surface area (Å²) in [4.78, 5) is 27.0. The standard InChI is InChI=1S/C25H28N4O5/c1-32-19-5-2-16(3-6-19)20-13-21(18-4-7-22-23(12-18)34-15-33-22)29(27-20)24(30)14-28-10-8-17(9-11-28)25(26)31/h2-7,12,17,21H,8-11,13-15H2,1H3,(H2,26,31)/t21-/m0/s1. The first-order valence-electron chi connectivity index (χ1n) is 11.5. The van der Waals surface area contributed by atoms with Gasteiger partial charge in [-0.1, -0.05) is 6.07 Å². The molecule has 0 aliphatic carbocycles. The van der Waals surface area contributed by atoms with E-state index in [1.165, 1.54) is 0 Å². The average molecular weight is 465 g/mol. The lowest BCUT2D eigenvalue weighted by atomic mass is 9.96. The zero-order valence-electron chi connectivity index (χ0n) is 19.1. The van der Waals surface area contributed by atoms with Crippen LogP contribution in [0.5, 0.6) is 17.2 Å². The topological polar surface area (TPSA) is 107 Å². The number of hydrogen-bond donors (Lipinski definition) is 1. The highest BCUT2D eigenvalue weighted by atomic mass is 16.7. The van der Waals surface area contributed by atoms with Crippen LogP contribution in [0.1, 0.15) is 36.4 Å². The van der Waals surface area contributed by atoms with Gasteiger partial charge in [-0.2, -0.15) is 5.10 Å². The summed E-state index contributed by atoms with van der Waals surface area (Å²) in [6, 6.07) is 13.2. The predicted octanol–water partition coefficient (Wildman–Crippen LogP) is 2.30. The maximum atomic E-state index is 13.4. The van der Waals surface area contributed by atoms with Crippen LogP contribution in [0.25, 0.3) is 0 Å². The molecule has 9 nitrogen and oxygen atoms in total. The molecule has 1 atom stereocenters. The molecule has 0 spiro atoms. The van der Waals surface area contributed by atoms with Gasteiger partial charge < -0.3 is 19.9 Å². The van der Waals surface area contributed by atoms with Gasteiger partial charge in [0, 0.05) is 12.3 Å². The van der Waals surface area contributed by atoms with E-state index in [1.807, 2.05) is 42.5 Å². The number of fused-ring (bicyclic) bond motifs is 1. The maximum absolute atomic E-state index is 13.4. The molecule has 1 saturated heterocycles. The van der Waals surface area contributed by atoms with Gasteiger partial charge in [0.1, 0.15) is 5.75 Å². The third-order valence-electron chi connectivity index (χ3n) is 6.72. The van der Waals surface area contributed by atoms with Crippen molar-refractivity contribution in [1.29, 1.82) is 0 Å². The molecule has 0 bridgehead atoms. The summed E-state index contributed by atoms with van der Waals surface area (Å²) in [5, 5.41) is 6.36. The van der Waals surface area contributed by atoms with Crippen molar-refractivity contribution in [2.75, 3.05) is 33.5 Å². The van der Waals surface area contributed by atoms with Gasteiger partial charge in [0.15, 0.2) is 11.5 Å². The van der Waals surface area contributed by atoms with Crippen LogP contribution in [-0.4, -0.2) is 61.0 Å². The monoisotopic (exact) mass is 464 g/mol. The van der Waals surface area contributed by atoms with Crippen molar-refractivity contribution < 1.29 is 23.8 Å². The molecule has 3 heterocycles. The molecule has 2 N–H and O–H groups in total. The molecule has 5 rings (SSSR count). The zero-order valence-corrected chi connectivity index (χ0v) is 19.1. The Morgan fingerprint density at radius 3 is 2.53 bits per heavy atom. The number of benzene rings is 2. The summed E-state index contributed by atoms with van der Waals surface area (Å²) in [6.07, 6.45) is 1.94. The first-order valence-corrected chi connectivity index (χ1v) is 11.5. The van der Waals surface area contributed by atoms with Crippen molar-refractivity contribution in [3.63, 3.8) is 0 Å². The van der Waals surface area contributed by atoms with Gasteiger partial charge in [0.2, 0.25) is 12.7 Å². The van der Waals surface area contributed by atoms with E-state index in [4.69, 9.17) is 25.0 Å². The minimum Gasteiger partial charge on any atom is -0.497 e. The van der Waals surface area contributed by atoms with Crippen molar-refractivity contribution >= 4 is 17.5 Å². The number of piperidine rings is 1. The molecular formula is C25H28N4O5. The van der Waals surface area contributed by atoms with Crippen LogP contribution in [0.3, 0.4) is 0 Å². The number of ether oxygens (including phenoxy) is 3. The summed E-state index contributed by atoms with van der Waals surface area (Å²) in [5.41, 5.74) is 8.18. The van der Waals surface area contributed by atoms with Crippen molar-refractivity contribution in [1.82, 2.24) is 9.91 Å². The van der Waals surface area contributed by atoms with Gasteiger partial charge in [0.05, 0.1) is 25.4 Å². The maximum Gasteiger partial charge on any atom is 0.257 e. The highest BCUT2D eigenvalue weighted by Gasteiger charge is 2.35. The Kier molecular flexibility index (Phi) is 6.10. The number of amides is 2. The number of rotatable bonds is 6. The molecule has 2 amide bonds. The lowest BCUT2D eigenvalue weighted by molar-refractivity contribution is -0.134. The van der Waals surface area contributed by atoms with Crippen molar-refractivity contribution in [2.45, 2.75) is 25.3 Å². The number of carbonyl (C=O) groups excluding carboxylic acids is 2. The van der Waals surface area contributed by atoms with Gasteiger partial charge in [0.25, 0.3) is 5.91 Å². The molecular weight excluding hydrogens is 436 g/mol. The number of likely N-dealkylation sites (tertiary alicyclic amines) is 1. The summed E-state index contributed by atoms with van der Waals surface area (Å²) in [7, 11) is 1.63. The molecule has 2 aromatic rings. The van der Waals surface area contributed by atoms with Crippen LogP contribution in [0.15, 0.2) is 47.6 Å². The van der Waals surface area contributed by atoms with E-state index in [2.05, 4.69) is 4.90 Å². The van der Waals surface area contributed by atoms with E-state index in [0.29, 0.717) is 43.9 Å². The fraction of sp³-hybridized carbons (Fsp3) is 0.400. The Labute approximate surface area is 198 Å². The number of nitrogens with two attached hydrogens (primary N) is 1. The van der Waals surface area contributed by atoms with E-state index in [0.717, 1.165) is 22.6 Å². The van der Waals surface area contributed by atoms with Gasteiger partial charge in [-0.05, 0) is 73.5 Å². The highest BCUT2D eigenvalue weighted by molar-refractivity contribution is 6.03. The molecule has 3 aliphatic rings. The van der Waals surface area contributed by atoms with Crippen molar-refractivity contribution in [2.24, 2.45) is 16.8 Å². The fourth-order valence-corrected chi connectivity index (χ4v) is 4.72. The second kappa shape index (κ2) is 9.34. The van der Waals surface area contributed by atoms with E-state index in [9.17, 15) is 9.59 Å². The van der Waals surface area contributed by atoms with Crippen LogP contribution in [0, 0.1) is 5.92 Å². The molecule has 34 heavy (non-hydrogen) atoms. The molecule has 9 heteroatoms. The lowest BCUT2D eigenvalue weighted by Gasteiger charge is -2.31. The van der Waals surface area contributed by atoms with Gasteiger partial charge in [-0.3, -0.25) is 14.5 Å². The first kappa shape index (κ1) is 22.2. The highest BCUT2D eigenvalue weighted by Crippen LogP contribution is 2.39. The van der Waals surface area contributed by atoms with E-state index in [1.54, 1.807) is 12.1 Å². The minimum absolute atomic E-state index is 0.0799. The second-order valence-electron chi connectivity index (χ2n) is 8.80. The van der Waals surface area contributed by atoms with E-state index < -0.39 is 0 Å². The molecule has 0 radical (unpaired) electrons. The zero-order chi connectivity index (χ0) is 23.7. The van der Waals surface area contributed by atoms with Gasteiger partial charge >= 0.3 is 0 Å². The number of carbonyl (C=O) groups is 2. The predicted molar refractivity (Wildman–Crippen MR) is 125 cm³/mol. The average Bonchev–Trinajstić information content (AvgIpc) is 3.51. The van der Waals surface area contributed by atoms with Crippen LogP contribution >= 0.6 is 0 Å². The largest absolute Gasteiger partial charge is 0.497 e. The Bertz CT molecular complexity index is 1110. The Morgan fingerprint density at radius 1 is 1.09 bits per heavy atom. The molecule has 1 fully saturated rings. The number of methoxy groups -OCH3 is 1. The van der Waals surface area contributed by atoms with E-state index >= 15 is 0 Å². The Hall–Kier alpha value is -3.59. The van der Waals surface area contributed by atoms with Crippen LogP contribution in [0.4, 0.5) is 0 Å². The van der Waals surface area contributed by atoms with E-state index in [-0.39, 0.29) is 37.1 Å². The number of hydrazone groups is 1. The third kappa shape index (κ3) is 4.43. The summed E-state index contributed by atoms with van der Waals surface area (Å²) < 4.78 is 16.3. The molecule has 3 aliphatic heterocycles. The Morgan fingerprint density at radius 2 is 1.82 bits per heavy atom. The van der Waals surface area contributed by atoms with Gasteiger partial charge in [-0.25, -0.2) is 5.01 Å². The summed E-state index contributed by atoms with van der Waals surface area (Å²) in [6.45, 7) is 1.76. The molecule has 0 unspecified atom stereocenters.